The van der Waals surface area contributed by atoms with Crippen LogP contribution in [0.2, 0.25) is 0 Å². The zero-order valence-electron chi connectivity index (χ0n) is 18.3. The Labute approximate surface area is 191 Å². The van der Waals surface area contributed by atoms with Crippen molar-refractivity contribution in [1.29, 1.82) is 0 Å². The van der Waals surface area contributed by atoms with Gasteiger partial charge in [0.1, 0.15) is 11.5 Å². The van der Waals surface area contributed by atoms with Crippen LogP contribution in [0.25, 0.3) is 0 Å². The van der Waals surface area contributed by atoms with Gasteiger partial charge in [0.05, 0.1) is 25.5 Å². The highest BCUT2D eigenvalue weighted by molar-refractivity contribution is 6.05. The monoisotopic (exact) mass is 445 g/mol. The Bertz CT molecular complexity index is 1190. The molecular formula is C26H23NO6. The van der Waals surface area contributed by atoms with E-state index >= 15 is 0 Å². The zero-order chi connectivity index (χ0) is 22.8. The Morgan fingerprint density at radius 2 is 1.48 bits per heavy atom. The minimum atomic E-state index is -0.524. The van der Waals surface area contributed by atoms with Crippen LogP contribution < -0.4 is 18.9 Å². The Morgan fingerprint density at radius 3 is 2.15 bits per heavy atom. The van der Waals surface area contributed by atoms with E-state index in [4.69, 9.17) is 23.8 Å². The Morgan fingerprint density at radius 1 is 0.848 bits per heavy atom. The van der Waals surface area contributed by atoms with Gasteiger partial charge in [-0.1, -0.05) is 11.2 Å². The second-order valence-corrected chi connectivity index (χ2v) is 7.87. The number of carbonyl (C=O) groups excluding carboxylic acids is 1. The average Bonchev–Trinajstić information content (AvgIpc) is 3.51. The SMILES string of the molecule is COc1ccc(C(=O)ON=C(c2ccc(OC)cc2)C2CC2c2ccc3c(c2)OCO3)cc1. The van der Waals surface area contributed by atoms with Crippen molar-refractivity contribution in [3.05, 3.63) is 83.4 Å². The van der Waals surface area contributed by atoms with Gasteiger partial charge in [0, 0.05) is 5.92 Å². The molecule has 0 aromatic heterocycles. The molecule has 1 heterocycles. The summed E-state index contributed by atoms with van der Waals surface area (Å²) < 4.78 is 21.4. The van der Waals surface area contributed by atoms with Crippen LogP contribution in [-0.4, -0.2) is 32.7 Å². The molecule has 1 aliphatic carbocycles. The smallest absolute Gasteiger partial charge is 0.365 e. The summed E-state index contributed by atoms with van der Waals surface area (Å²) in [6, 6.07) is 20.3. The van der Waals surface area contributed by atoms with Crippen LogP contribution >= 0.6 is 0 Å². The number of fused-ring (bicyclic) bond motifs is 1. The molecule has 0 radical (unpaired) electrons. The van der Waals surface area contributed by atoms with E-state index in [1.165, 1.54) is 0 Å². The second-order valence-electron chi connectivity index (χ2n) is 7.87. The van der Waals surface area contributed by atoms with E-state index in [2.05, 4.69) is 5.16 Å². The molecule has 0 amide bonds. The van der Waals surface area contributed by atoms with Gasteiger partial charge in [0.2, 0.25) is 6.79 Å². The van der Waals surface area contributed by atoms with E-state index in [0.29, 0.717) is 11.3 Å². The van der Waals surface area contributed by atoms with Gasteiger partial charge in [0.15, 0.2) is 11.5 Å². The van der Waals surface area contributed by atoms with Gasteiger partial charge in [-0.25, -0.2) is 4.79 Å². The van der Waals surface area contributed by atoms with E-state index in [-0.39, 0.29) is 18.6 Å². The maximum absolute atomic E-state index is 12.6. The van der Waals surface area contributed by atoms with Crippen molar-refractivity contribution in [3.8, 4) is 23.0 Å². The lowest BCUT2D eigenvalue weighted by atomic mass is 10.0. The molecule has 1 fully saturated rings. The van der Waals surface area contributed by atoms with Gasteiger partial charge in [0.25, 0.3) is 0 Å². The third-order valence-corrected chi connectivity index (χ3v) is 5.90. The van der Waals surface area contributed by atoms with Crippen LogP contribution in [0.5, 0.6) is 23.0 Å². The van der Waals surface area contributed by atoms with Gasteiger partial charge in [-0.05, 0) is 84.1 Å². The van der Waals surface area contributed by atoms with E-state index < -0.39 is 5.97 Å². The van der Waals surface area contributed by atoms with Gasteiger partial charge in [-0.2, -0.15) is 0 Å². The van der Waals surface area contributed by atoms with Crippen molar-refractivity contribution in [1.82, 2.24) is 0 Å². The van der Waals surface area contributed by atoms with E-state index in [1.807, 2.05) is 42.5 Å². The molecule has 2 atom stereocenters. The van der Waals surface area contributed by atoms with Crippen LogP contribution in [0.1, 0.15) is 33.8 Å². The van der Waals surface area contributed by atoms with Crippen molar-refractivity contribution in [2.45, 2.75) is 12.3 Å². The van der Waals surface area contributed by atoms with Crippen molar-refractivity contribution in [2.24, 2.45) is 11.1 Å². The van der Waals surface area contributed by atoms with Gasteiger partial charge >= 0.3 is 5.97 Å². The van der Waals surface area contributed by atoms with Crippen LogP contribution in [0.15, 0.2) is 71.9 Å². The molecule has 1 saturated carbocycles. The lowest BCUT2D eigenvalue weighted by Crippen LogP contribution is -2.09. The number of hydrogen-bond acceptors (Lipinski definition) is 7. The zero-order valence-corrected chi connectivity index (χ0v) is 18.3. The summed E-state index contributed by atoms with van der Waals surface area (Å²) in [5.74, 6) is 2.77. The Hall–Kier alpha value is -4.00. The molecule has 168 valence electrons. The molecule has 0 saturated heterocycles. The fourth-order valence-electron chi connectivity index (χ4n) is 3.98. The summed E-state index contributed by atoms with van der Waals surface area (Å²) in [5, 5.41) is 4.32. The number of methoxy groups -OCH3 is 2. The van der Waals surface area contributed by atoms with Crippen molar-refractivity contribution < 1.29 is 28.6 Å². The van der Waals surface area contributed by atoms with Crippen molar-refractivity contribution in [2.75, 3.05) is 21.0 Å². The predicted molar refractivity (Wildman–Crippen MR) is 121 cm³/mol. The first-order valence-corrected chi connectivity index (χ1v) is 10.6. The van der Waals surface area contributed by atoms with Gasteiger partial charge in [-0.3, -0.25) is 0 Å². The number of nitrogens with zero attached hydrogens (tertiary/aromatic N) is 1. The molecule has 0 bridgehead atoms. The number of rotatable bonds is 7. The van der Waals surface area contributed by atoms with Crippen LogP contribution in [0.4, 0.5) is 0 Å². The molecular weight excluding hydrogens is 422 g/mol. The first-order chi connectivity index (χ1) is 16.2. The summed E-state index contributed by atoms with van der Waals surface area (Å²) in [6.45, 7) is 0.243. The quantitative estimate of drug-likeness (QED) is 0.296. The molecule has 2 unspecified atom stereocenters. The summed E-state index contributed by atoms with van der Waals surface area (Å²) >= 11 is 0. The number of benzene rings is 3. The lowest BCUT2D eigenvalue weighted by molar-refractivity contribution is 0.0515. The largest absolute Gasteiger partial charge is 0.497 e. The number of oxime groups is 1. The Kier molecular flexibility index (Phi) is 5.60. The lowest BCUT2D eigenvalue weighted by Gasteiger charge is -2.09. The van der Waals surface area contributed by atoms with E-state index in [0.717, 1.165) is 40.5 Å². The minimum absolute atomic E-state index is 0.113. The van der Waals surface area contributed by atoms with E-state index in [1.54, 1.807) is 38.5 Å². The first-order valence-electron chi connectivity index (χ1n) is 10.6. The predicted octanol–water partition coefficient (Wildman–Crippen LogP) is 4.80. The fourth-order valence-corrected chi connectivity index (χ4v) is 3.98. The molecule has 5 rings (SSSR count). The second kappa shape index (κ2) is 8.86. The molecule has 3 aromatic carbocycles. The van der Waals surface area contributed by atoms with Crippen molar-refractivity contribution in [3.63, 3.8) is 0 Å². The molecule has 7 nitrogen and oxygen atoms in total. The fraction of sp³-hybridized carbons (Fsp3) is 0.231. The average molecular weight is 445 g/mol. The van der Waals surface area contributed by atoms with Gasteiger partial charge < -0.3 is 23.8 Å². The summed E-state index contributed by atoms with van der Waals surface area (Å²) in [5.41, 5.74) is 3.15. The third kappa shape index (κ3) is 4.35. The van der Waals surface area contributed by atoms with Gasteiger partial charge in [-0.15, -0.1) is 0 Å². The molecule has 0 spiro atoms. The highest BCUT2D eigenvalue weighted by Gasteiger charge is 2.43. The summed E-state index contributed by atoms with van der Waals surface area (Å²) in [4.78, 5) is 17.9. The maximum atomic E-state index is 12.6. The number of hydrogen-bond donors (Lipinski definition) is 0. The van der Waals surface area contributed by atoms with E-state index in [9.17, 15) is 4.79 Å². The number of ether oxygens (including phenoxy) is 4. The van der Waals surface area contributed by atoms with Crippen molar-refractivity contribution >= 4 is 11.7 Å². The molecule has 33 heavy (non-hydrogen) atoms. The van der Waals surface area contributed by atoms with Crippen LogP contribution in [0, 0.1) is 5.92 Å². The highest BCUT2D eigenvalue weighted by atomic mass is 16.7. The molecule has 0 N–H and O–H groups in total. The summed E-state index contributed by atoms with van der Waals surface area (Å²) in [6.07, 6.45) is 0.893. The maximum Gasteiger partial charge on any atom is 0.365 e. The highest BCUT2D eigenvalue weighted by Crippen LogP contribution is 2.51. The van der Waals surface area contributed by atoms with Crippen LogP contribution in [0.3, 0.4) is 0 Å². The first kappa shape index (κ1) is 20.9. The molecule has 3 aromatic rings. The summed E-state index contributed by atoms with van der Waals surface area (Å²) in [7, 11) is 3.20. The van der Waals surface area contributed by atoms with Crippen LogP contribution in [-0.2, 0) is 4.84 Å². The minimum Gasteiger partial charge on any atom is -0.497 e. The Balaban J connectivity index is 1.39. The molecule has 2 aliphatic rings. The standard InChI is InChI=1S/C26H23NO6/c1-29-19-8-3-16(4-9-19)25(27-33-26(28)17-5-10-20(30-2)11-6-17)22-14-21(22)18-7-12-23-24(13-18)32-15-31-23/h3-13,21-22H,14-15H2,1-2H3. The third-order valence-electron chi connectivity index (χ3n) is 5.90. The topological polar surface area (TPSA) is 75.6 Å². The normalized spacial score (nSPS) is 18.5. The number of carbonyl (C=O) groups is 1. The molecule has 7 heteroatoms. The molecule has 1 aliphatic heterocycles.